The molecule has 0 aromatic heterocycles. The van der Waals surface area contributed by atoms with Gasteiger partial charge in [0.2, 0.25) is 0 Å². The molecular formula is C13H17BrClNO4. The zero-order valence-electron chi connectivity index (χ0n) is 11.0. The van der Waals surface area contributed by atoms with Gasteiger partial charge in [-0.3, -0.25) is 0 Å². The van der Waals surface area contributed by atoms with Gasteiger partial charge >= 0.3 is 6.09 Å². The first kappa shape index (κ1) is 17.2. The molecule has 1 rings (SSSR count). The number of aliphatic hydroxyl groups excluding tert-OH is 2. The van der Waals surface area contributed by atoms with Gasteiger partial charge in [-0.25, -0.2) is 4.79 Å². The third-order valence-electron chi connectivity index (χ3n) is 2.61. The quantitative estimate of drug-likeness (QED) is 0.720. The van der Waals surface area contributed by atoms with E-state index in [0.29, 0.717) is 11.4 Å². The normalized spacial score (nSPS) is 12.1. The van der Waals surface area contributed by atoms with E-state index >= 15 is 0 Å². The highest BCUT2D eigenvalue weighted by Crippen LogP contribution is 2.26. The molecule has 0 saturated heterocycles. The first-order chi connectivity index (χ1) is 9.43. The van der Waals surface area contributed by atoms with Crippen LogP contribution in [0.15, 0.2) is 16.6 Å². The molecule has 0 spiro atoms. The van der Waals surface area contributed by atoms with E-state index in [4.69, 9.17) is 21.4 Å². The van der Waals surface area contributed by atoms with Crippen molar-refractivity contribution >= 4 is 33.6 Å². The van der Waals surface area contributed by atoms with Crippen LogP contribution in [0.1, 0.15) is 11.1 Å². The standard InChI is InChI=1S/C13H17BrClNO4/c1-8-4-9(15)5-12(14)11(8)6-10(18)7-20-13(19)16-2-3-17/h4-5,10,17-18H,2-3,6-7H2,1H3,(H,16,19). The molecule has 1 atom stereocenters. The van der Waals surface area contributed by atoms with E-state index in [0.717, 1.165) is 15.6 Å². The largest absolute Gasteiger partial charge is 0.447 e. The van der Waals surface area contributed by atoms with Gasteiger partial charge in [0.15, 0.2) is 0 Å². The fourth-order valence-corrected chi connectivity index (χ4v) is 2.79. The summed E-state index contributed by atoms with van der Waals surface area (Å²) in [6.07, 6.45) is -1.13. The molecule has 1 unspecified atom stereocenters. The Labute approximate surface area is 131 Å². The number of hydrogen-bond donors (Lipinski definition) is 3. The van der Waals surface area contributed by atoms with Gasteiger partial charge in [0.1, 0.15) is 6.61 Å². The van der Waals surface area contributed by atoms with Crippen LogP contribution in [0, 0.1) is 6.92 Å². The Morgan fingerprint density at radius 3 is 2.85 bits per heavy atom. The number of rotatable bonds is 6. The number of alkyl carbamates (subject to hydrolysis) is 1. The molecule has 3 N–H and O–H groups in total. The average molecular weight is 367 g/mol. The van der Waals surface area contributed by atoms with Crippen LogP contribution < -0.4 is 5.32 Å². The lowest BCUT2D eigenvalue weighted by Gasteiger charge is -2.15. The van der Waals surface area contributed by atoms with Crippen LogP contribution in [0.5, 0.6) is 0 Å². The minimum absolute atomic E-state index is 0.119. The second-order valence-corrected chi connectivity index (χ2v) is 5.58. The van der Waals surface area contributed by atoms with Crippen molar-refractivity contribution in [2.24, 2.45) is 0 Å². The smallest absolute Gasteiger partial charge is 0.407 e. The molecule has 0 aliphatic carbocycles. The molecule has 0 saturated carbocycles. The van der Waals surface area contributed by atoms with Crippen LogP contribution in [0.2, 0.25) is 5.02 Å². The Morgan fingerprint density at radius 2 is 2.25 bits per heavy atom. The summed E-state index contributed by atoms with van der Waals surface area (Å²) in [4.78, 5) is 11.2. The molecule has 1 amide bonds. The van der Waals surface area contributed by atoms with Crippen molar-refractivity contribution in [1.82, 2.24) is 5.32 Å². The van der Waals surface area contributed by atoms with E-state index < -0.39 is 12.2 Å². The molecule has 1 aromatic carbocycles. The second-order valence-electron chi connectivity index (χ2n) is 4.29. The van der Waals surface area contributed by atoms with Crippen LogP contribution in [-0.4, -0.2) is 42.2 Å². The fourth-order valence-electron chi connectivity index (χ4n) is 1.67. The minimum atomic E-state index is -0.814. The molecular weight excluding hydrogens is 350 g/mol. The molecule has 0 fully saturated rings. The summed E-state index contributed by atoms with van der Waals surface area (Å²) >= 11 is 9.32. The Morgan fingerprint density at radius 1 is 1.55 bits per heavy atom. The Hall–Kier alpha value is -0.820. The maximum Gasteiger partial charge on any atom is 0.407 e. The third kappa shape index (κ3) is 5.66. The first-order valence-electron chi connectivity index (χ1n) is 6.08. The molecule has 1 aromatic rings. The van der Waals surface area contributed by atoms with Gasteiger partial charge in [-0.1, -0.05) is 27.5 Å². The zero-order valence-corrected chi connectivity index (χ0v) is 13.4. The number of carbonyl (C=O) groups is 1. The van der Waals surface area contributed by atoms with Crippen molar-refractivity contribution < 1.29 is 19.7 Å². The van der Waals surface area contributed by atoms with Crippen molar-refractivity contribution in [1.29, 1.82) is 0 Å². The van der Waals surface area contributed by atoms with Gasteiger partial charge in [-0.15, -0.1) is 0 Å². The van der Waals surface area contributed by atoms with Crippen LogP contribution >= 0.6 is 27.5 Å². The topological polar surface area (TPSA) is 78.8 Å². The van der Waals surface area contributed by atoms with Crippen LogP contribution in [0.25, 0.3) is 0 Å². The lowest BCUT2D eigenvalue weighted by molar-refractivity contribution is 0.0677. The molecule has 0 radical (unpaired) electrons. The predicted molar refractivity (Wildman–Crippen MR) is 80.0 cm³/mol. The van der Waals surface area contributed by atoms with E-state index in [9.17, 15) is 9.90 Å². The Bertz CT molecular complexity index is 447. The van der Waals surface area contributed by atoms with E-state index in [1.54, 1.807) is 6.07 Å². The summed E-state index contributed by atoms with van der Waals surface area (Å²) in [5, 5.41) is 21.4. The minimum Gasteiger partial charge on any atom is -0.447 e. The lowest BCUT2D eigenvalue weighted by Crippen LogP contribution is -2.30. The molecule has 0 aliphatic rings. The molecule has 112 valence electrons. The van der Waals surface area contributed by atoms with E-state index in [1.807, 2.05) is 13.0 Å². The second kappa shape index (κ2) is 8.46. The summed E-state index contributed by atoms with van der Waals surface area (Å²) < 4.78 is 5.64. The Kier molecular flexibility index (Phi) is 7.29. The third-order valence-corrected chi connectivity index (χ3v) is 3.54. The molecule has 5 nitrogen and oxygen atoms in total. The highest BCUT2D eigenvalue weighted by Gasteiger charge is 2.13. The van der Waals surface area contributed by atoms with Crippen molar-refractivity contribution in [3.8, 4) is 0 Å². The van der Waals surface area contributed by atoms with Crippen LogP contribution in [-0.2, 0) is 11.2 Å². The highest BCUT2D eigenvalue weighted by atomic mass is 79.9. The predicted octanol–water partition coefficient (Wildman–Crippen LogP) is 2.03. The van der Waals surface area contributed by atoms with E-state index in [-0.39, 0.29) is 19.8 Å². The number of amides is 1. The molecule has 7 heteroatoms. The van der Waals surface area contributed by atoms with Crippen molar-refractivity contribution in [3.05, 3.63) is 32.8 Å². The van der Waals surface area contributed by atoms with Crippen molar-refractivity contribution in [2.45, 2.75) is 19.4 Å². The highest BCUT2D eigenvalue weighted by molar-refractivity contribution is 9.10. The number of benzene rings is 1. The zero-order chi connectivity index (χ0) is 15.1. The van der Waals surface area contributed by atoms with Gasteiger partial charge in [-0.05, 0) is 30.2 Å². The van der Waals surface area contributed by atoms with Gasteiger partial charge in [-0.2, -0.15) is 0 Å². The number of halogens is 2. The number of hydrogen-bond acceptors (Lipinski definition) is 4. The molecule has 20 heavy (non-hydrogen) atoms. The average Bonchev–Trinajstić information content (AvgIpc) is 2.38. The number of nitrogens with one attached hydrogen (secondary N) is 1. The number of aliphatic hydroxyl groups is 2. The molecule has 0 aliphatic heterocycles. The van der Waals surface area contributed by atoms with Crippen molar-refractivity contribution in [3.63, 3.8) is 0 Å². The fraction of sp³-hybridized carbons (Fsp3) is 0.462. The molecule has 0 heterocycles. The van der Waals surface area contributed by atoms with Gasteiger partial charge in [0.25, 0.3) is 0 Å². The summed E-state index contributed by atoms with van der Waals surface area (Å²) in [5.74, 6) is 0. The maximum atomic E-state index is 11.2. The first-order valence-corrected chi connectivity index (χ1v) is 7.25. The molecule has 0 bridgehead atoms. The summed E-state index contributed by atoms with van der Waals surface area (Å²) in [5.41, 5.74) is 1.87. The SMILES string of the molecule is Cc1cc(Cl)cc(Br)c1CC(O)COC(=O)NCCO. The van der Waals surface area contributed by atoms with Gasteiger partial charge in [0.05, 0.1) is 12.7 Å². The van der Waals surface area contributed by atoms with Gasteiger partial charge < -0.3 is 20.3 Å². The Balaban J connectivity index is 2.50. The number of carbonyl (C=O) groups excluding carboxylic acids is 1. The van der Waals surface area contributed by atoms with Crippen LogP contribution in [0.4, 0.5) is 4.79 Å². The van der Waals surface area contributed by atoms with E-state index in [1.165, 1.54) is 0 Å². The van der Waals surface area contributed by atoms with Gasteiger partial charge in [0, 0.05) is 22.5 Å². The van der Waals surface area contributed by atoms with Crippen molar-refractivity contribution in [2.75, 3.05) is 19.8 Å². The van der Waals surface area contributed by atoms with E-state index in [2.05, 4.69) is 21.2 Å². The maximum absolute atomic E-state index is 11.2. The summed E-state index contributed by atoms with van der Waals surface area (Å²) in [6.45, 7) is 1.74. The summed E-state index contributed by atoms with van der Waals surface area (Å²) in [6, 6.07) is 3.56. The monoisotopic (exact) mass is 365 g/mol. The number of ether oxygens (including phenoxy) is 1. The number of aryl methyl sites for hydroxylation is 1. The van der Waals surface area contributed by atoms with Crippen LogP contribution in [0.3, 0.4) is 0 Å². The lowest BCUT2D eigenvalue weighted by atomic mass is 10.0. The summed E-state index contributed by atoms with van der Waals surface area (Å²) in [7, 11) is 0.